The second-order valence-electron chi connectivity index (χ2n) is 6.44. The van der Waals surface area contributed by atoms with Gasteiger partial charge in [-0.15, -0.1) is 0 Å². The number of rotatable bonds is 6. The highest BCUT2D eigenvalue weighted by molar-refractivity contribution is 7.89. The summed E-state index contributed by atoms with van der Waals surface area (Å²) >= 11 is 0. The van der Waals surface area contributed by atoms with Crippen LogP contribution in [0.4, 0.5) is 5.69 Å². The summed E-state index contributed by atoms with van der Waals surface area (Å²) in [6.45, 7) is 1.13. The van der Waals surface area contributed by atoms with E-state index in [9.17, 15) is 18.0 Å². The van der Waals surface area contributed by atoms with E-state index in [0.717, 1.165) is 4.31 Å². The van der Waals surface area contributed by atoms with E-state index in [0.29, 0.717) is 11.4 Å². The molecule has 9 nitrogen and oxygen atoms in total. The van der Waals surface area contributed by atoms with Crippen molar-refractivity contribution in [2.45, 2.75) is 11.8 Å². The fourth-order valence-electron chi connectivity index (χ4n) is 2.95. The monoisotopic (exact) mass is 431 g/mol. The lowest BCUT2D eigenvalue weighted by molar-refractivity contribution is -0.122. The lowest BCUT2D eigenvalue weighted by Gasteiger charge is -2.29. The molecule has 1 amide bonds. The maximum absolute atomic E-state index is 12.8. The van der Waals surface area contributed by atoms with Gasteiger partial charge in [-0.1, -0.05) is 12.1 Å². The van der Waals surface area contributed by atoms with Crippen molar-refractivity contribution in [3.05, 3.63) is 65.5 Å². The van der Waals surface area contributed by atoms with Crippen molar-refractivity contribution in [1.29, 1.82) is 0 Å². The number of hydrogen-bond acceptors (Lipinski definition) is 7. The number of ketones is 1. The van der Waals surface area contributed by atoms with Crippen LogP contribution in [0, 0.1) is 0 Å². The van der Waals surface area contributed by atoms with Gasteiger partial charge < -0.3 is 10.1 Å². The number of anilines is 1. The Morgan fingerprint density at radius 3 is 2.43 bits per heavy atom. The van der Waals surface area contributed by atoms with E-state index >= 15 is 0 Å². The molecule has 0 aromatic heterocycles. The number of likely N-dealkylation sites (N-methyl/N-ethyl adjacent to an activating group) is 1. The number of fused-ring (bicyclic) bond motifs is 1. The van der Waals surface area contributed by atoms with E-state index in [1.807, 2.05) is 0 Å². The zero-order valence-electron chi connectivity index (χ0n) is 16.6. The van der Waals surface area contributed by atoms with Crippen LogP contribution in [0.3, 0.4) is 0 Å². The first-order valence-corrected chi connectivity index (χ1v) is 10.3. The molecular formula is C20H21N3O6S. The molecule has 2 aromatic rings. The number of benzene rings is 2. The fraction of sp³-hybridized carbons (Fsp3) is 0.200. The van der Waals surface area contributed by atoms with E-state index in [4.69, 9.17) is 9.57 Å². The number of carbonyl (C=O) groups excluding carboxylic acids is 2. The highest BCUT2D eigenvalue weighted by Gasteiger charge is 2.38. The number of Topliss-reactive ketones (excluding diaryl/α,β-unsaturated/α-hetero) is 1. The van der Waals surface area contributed by atoms with Crippen molar-refractivity contribution in [2.75, 3.05) is 26.1 Å². The van der Waals surface area contributed by atoms with Crippen LogP contribution in [0.15, 0.2) is 64.8 Å². The summed E-state index contributed by atoms with van der Waals surface area (Å²) in [5, 5.41) is 2.64. The maximum Gasteiger partial charge on any atom is 0.264 e. The van der Waals surface area contributed by atoms with E-state index in [-0.39, 0.29) is 28.5 Å². The van der Waals surface area contributed by atoms with Crippen molar-refractivity contribution >= 4 is 27.4 Å². The molecule has 3 rings (SSSR count). The van der Waals surface area contributed by atoms with Crippen LogP contribution in [0.2, 0.25) is 0 Å². The van der Waals surface area contributed by atoms with Gasteiger partial charge in [-0.3, -0.25) is 24.2 Å². The number of nitrogens with one attached hydrogen (secondary N) is 2. The Morgan fingerprint density at radius 2 is 1.77 bits per heavy atom. The minimum Gasteiger partial charge on any atom is -0.497 e. The molecule has 0 spiro atoms. The molecule has 2 aromatic carbocycles. The molecule has 1 aliphatic rings. The third kappa shape index (κ3) is 4.14. The van der Waals surface area contributed by atoms with Crippen molar-refractivity contribution < 1.29 is 27.6 Å². The first-order chi connectivity index (χ1) is 14.3. The Labute approximate surface area is 174 Å². The van der Waals surface area contributed by atoms with Gasteiger partial charge in [0, 0.05) is 18.3 Å². The number of amides is 1. The van der Waals surface area contributed by atoms with Crippen LogP contribution in [-0.2, 0) is 19.7 Å². The van der Waals surface area contributed by atoms with Crippen LogP contribution in [-0.4, -0.2) is 45.2 Å². The summed E-state index contributed by atoms with van der Waals surface area (Å²) in [5.74, 6) is -0.239. The number of carbonyl (C=O) groups is 2. The SMILES string of the molecule is COc1ccc(NC(=O)CONC(C)=C2C(=O)c3ccccc3S(=O)(=O)N2C)cc1. The summed E-state index contributed by atoms with van der Waals surface area (Å²) in [6, 6.07) is 12.7. The normalized spacial score (nSPS) is 16.5. The standard InChI is InChI=1S/C20H21N3O6S/c1-13(22-29-12-18(24)21-14-8-10-15(28-3)11-9-14)19-20(25)16-6-4-5-7-17(16)30(26,27)23(19)2/h4-11,22H,12H2,1-3H3,(H,21,24). The van der Waals surface area contributed by atoms with Crippen LogP contribution in [0.1, 0.15) is 17.3 Å². The van der Waals surface area contributed by atoms with Gasteiger partial charge in [-0.25, -0.2) is 8.42 Å². The number of nitrogens with zero attached hydrogens (tertiary/aromatic N) is 1. The lowest BCUT2D eigenvalue weighted by Crippen LogP contribution is -2.38. The molecule has 1 aliphatic heterocycles. The van der Waals surface area contributed by atoms with E-state index in [1.165, 1.54) is 26.1 Å². The van der Waals surface area contributed by atoms with Crippen LogP contribution >= 0.6 is 0 Å². The van der Waals surface area contributed by atoms with Crippen LogP contribution < -0.4 is 15.5 Å². The minimum atomic E-state index is -3.87. The fourth-order valence-corrected chi connectivity index (χ4v) is 4.40. The lowest BCUT2D eigenvalue weighted by atomic mass is 10.1. The summed E-state index contributed by atoms with van der Waals surface area (Å²) in [6.07, 6.45) is 0. The molecule has 0 aliphatic carbocycles. The number of methoxy groups -OCH3 is 1. The molecule has 10 heteroatoms. The third-order valence-corrected chi connectivity index (χ3v) is 6.27. The Kier molecular flexibility index (Phi) is 6.09. The average molecular weight is 431 g/mol. The smallest absolute Gasteiger partial charge is 0.264 e. The summed E-state index contributed by atoms with van der Waals surface area (Å²) in [4.78, 5) is 29.9. The van der Waals surface area contributed by atoms with Gasteiger partial charge in [0.25, 0.3) is 15.9 Å². The van der Waals surface area contributed by atoms with E-state index in [1.54, 1.807) is 43.5 Å². The molecule has 0 saturated heterocycles. The molecule has 0 atom stereocenters. The van der Waals surface area contributed by atoms with Gasteiger partial charge in [-0.05, 0) is 43.3 Å². The van der Waals surface area contributed by atoms with E-state index < -0.39 is 21.7 Å². The van der Waals surface area contributed by atoms with Gasteiger partial charge in [0.2, 0.25) is 5.78 Å². The molecule has 1 heterocycles. The Morgan fingerprint density at radius 1 is 1.10 bits per heavy atom. The molecule has 30 heavy (non-hydrogen) atoms. The Hall–Kier alpha value is -3.37. The Bertz CT molecular complexity index is 1110. The molecular weight excluding hydrogens is 410 g/mol. The third-order valence-electron chi connectivity index (χ3n) is 4.46. The maximum atomic E-state index is 12.8. The van der Waals surface area contributed by atoms with Crippen molar-refractivity contribution in [1.82, 2.24) is 9.79 Å². The summed E-state index contributed by atoms with van der Waals surface area (Å²) in [7, 11) is -1.03. The number of ether oxygens (including phenoxy) is 1. The van der Waals surface area contributed by atoms with Crippen molar-refractivity contribution in [2.24, 2.45) is 0 Å². The predicted molar refractivity (Wildman–Crippen MR) is 109 cm³/mol. The van der Waals surface area contributed by atoms with Gasteiger partial charge >= 0.3 is 0 Å². The minimum absolute atomic E-state index is 0.0474. The number of hydroxylamine groups is 1. The van der Waals surface area contributed by atoms with E-state index in [2.05, 4.69) is 10.8 Å². The van der Waals surface area contributed by atoms with Gasteiger partial charge in [0.05, 0.1) is 17.7 Å². The second-order valence-corrected chi connectivity index (χ2v) is 8.38. The summed E-state index contributed by atoms with van der Waals surface area (Å²) in [5.41, 5.74) is 3.22. The van der Waals surface area contributed by atoms with Gasteiger partial charge in [0.15, 0.2) is 6.61 Å². The number of hydrogen-bond donors (Lipinski definition) is 2. The topological polar surface area (TPSA) is 114 Å². The number of allylic oxidation sites excluding steroid dienone is 2. The quantitative estimate of drug-likeness (QED) is 0.530. The average Bonchev–Trinajstić information content (AvgIpc) is 2.73. The zero-order valence-corrected chi connectivity index (χ0v) is 17.4. The molecule has 0 unspecified atom stereocenters. The van der Waals surface area contributed by atoms with Crippen molar-refractivity contribution in [3.63, 3.8) is 0 Å². The molecule has 0 radical (unpaired) electrons. The number of sulfonamides is 1. The molecule has 2 N–H and O–H groups in total. The predicted octanol–water partition coefficient (Wildman–Crippen LogP) is 1.90. The largest absolute Gasteiger partial charge is 0.497 e. The Balaban J connectivity index is 1.68. The first-order valence-electron chi connectivity index (χ1n) is 8.91. The van der Waals surface area contributed by atoms with Crippen LogP contribution in [0.5, 0.6) is 5.75 Å². The second kappa shape index (κ2) is 8.56. The highest BCUT2D eigenvalue weighted by Crippen LogP contribution is 2.31. The first kappa shape index (κ1) is 21.3. The highest BCUT2D eigenvalue weighted by atomic mass is 32.2. The zero-order chi connectivity index (χ0) is 21.9. The van der Waals surface area contributed by atoms with Gasteiger partial charge in [-0.2, -0.15) is 0 Å². The molecule has 158 valence electrons. The van der Waals surface area contributed by atoms with Crippen LogP contribution in [0.25, 0.3) is 0 Å². The molecule has 0 saturated carbocycles. The van der Waals surface area contributed by atoms with Crippen molar-refractivity contribution in [3.8, 4) is 5.75 Å². The summed E-state index contributed by atoms with van der Waals surface area (Å²) < 4.78 is 31.3. The molecule has 0 fully saturated rings. The van der Waals surface area contributed by atoms with Gasteiger partial charge in [0.1, 0.15) is 11.4 Å². The molecule has 0 bridgehead atoms.